The summed E-state index contributed by atoms with van der Waals surface area (Å²) in [7, 11) is 3.66. The fraction of sp³-hybridized carbons (Fsp3) is 0.474. The maximum Gasteiger partial charge on any atom is 0.321 e. The predicted molar refractivity (Wildman–Crippen MR) is 104 cm³/mol. The molecule has 9 nitrogen and oxygen atoms in total. The first-order valence-electron chi connectivity index (χ1n) is 9.47. The van der Waals surface area contributed by atoms with E-state index in [0.29, 0.717) is 43.8 Å². The van der Waals surface area contributed by atoms with Crippen LogP contribution < -0.4 is 10.2 Å². The van der Waals surface area contributed by atoms with Gasteiger partial charge >= 0.3 is 12.0 Å². The molecule has 2 aromatic rings. The Hall–Kier alpha value is -3.10. The molecule has 4 rings (SSSR count). The third-order valence-electron chi connectivity index (χ3n) is 4.99. The molecular formula is C19H24N6O3. The van der Waals surface area contributed by atoms with Gasteiger partial charge in [-0.05, 0) is 37.1 Å². The van der Waals surface area contributed by atoms with E-state index in [-0.39, 0.29) is 17.9 Å². The van der Waals surface area contributed by atoms with E-state index in [1.807, 2.05) is 31.1 Å². The van der Waals surface area contributed by atoms with E-state index in [4.69, 9.17) is 4.42 Å². The second-order valence-electron chi connectivity index (χ2n) is 7.38. The smallest absolute Gasteiger partial charge is 0.321 e. The number of piperazine rings is 1. The molecule has 0 atom stereocenters. The van der Waals surface area contributed by atoms with Crippen LogP contribution in [0.1, 0.15) is 12.8 Å². The minimum atomic E-state index is -0.154. The second-order valence-corrected chi connectivity index (χ2v) is 7.38. The van der Waals surface area contributed by atoms with Crippen LogP contribution in [0.5, 0.6) is 0 Å². The van der Waals surface area contributed by atoms with Gasteiger partial charge in [-0.15, -0.1) is 5.10 Å². The summed E-state index contributed by atoms with van der Waals surface area (Å²) in [6.07, 6.45) is 2.02. The van der Waals surface area contributed by atoms with E-state index in [1.54, 1.807) is 21.9 Å². The number of amides is 3. The number of rotatable bonds is 4. The van der Waals surface area contributed by atoms with Crippen molar-refractivity contribution < 1.29 is 14.0 Å². The number of hydrogen-bond donors (Lipinski definition) is 1. The van der Waals surface area contributed by atoms with Gasteiger partial charge in [-0.25, -0.2) is 4.79 Å². The molecule has 1 aromatic carbocycles. The topological polar surface area (TPSA) is 94.8 Å². The number of aromatic nitrogens is 2. The van der Waals surface area contributed by atoms with Crippen LogP contribution in [-0.4, -0.2) is 72.2 Å². The summed E-state index contributed by atoms with van der Waals surface area (Å²) in [6.45, 7) is 2.31. The van der Waals surface area contributed by atoms with Gasteiger partial charge in [-0.2, -0.15) is 0 Å². The largest absolute Gasteiger partial charge is 0.403 e. The third-order valence-corrected chi connectivity index (χ3v) is 4.99. The molecule has 1 aliphatic carbocycles. The Morgan fingerprint density at radius 1 is 1.04 bits per heavy atom. The standard InChI is InChI=1S/C19H24N6O3/c1-23(2)19-22-21-16(28-19)13-5-7-15(8-6-13)20-18(27)25-11-9-24(10-12-25)17(26)14-3-4-14/h5-8,14H,3-4,9-12H2,1-2H3,(H,20,27). The van der Waals surface area contributed by atoms with Crippen molar-refractivity contribution in [3.63, 3.8) is 0 Å². The molecule has 3 amide bonds. The summed E-state index contributed by atoms with van der Waals surface area (Å²) in [5.74, 6) is 0.902. The number of hydrogen-bond acceptors (Lipinski definition) is 6. The van der Waals surface area contributed by atoms with Crippen LogP contribution >= 0.6 is 0 Å². The molecule has 1 N–H and O–H groups in total. The lowest BCUT2D eigenvalue weighted by molar-refractivity contribution is -0.133. The Morgan fingerprint density at radius 2 is 1.68 bits per heavy atom. The van der Waals surface area contributed by atoms with E-state index in [9.17, 15) is 9.59 Å². The summed E-state index contributed by atoms with van der Waals surface area (Å²) >= 11 is 0. The minimum absolute atomic E-state index is 0.154. The summed E-state index contributed by atoms with van der Waals surface area (Å²) in [5.41, 5.74) is 1.48. The molecule has 0 radical (unpaired) electrons. The van der Waals surface area contributed by atoms with Crippen molar-refractivity contribution in [1.82, 2.24) is 20.0 Å². The molecule has 1 aromatic heterocycles. The van der Waals surface area contributed by atoms with E-state index in [0.717, 1.165) is 18.4 Å². The number of carbonyl (C=O) groups excluding carboxylic acids is 2. The van der Waals surface area contributed by atoms with Crippen molar-refractivity contribution in [2.75, 3.05) is 50.5 Å². The normalized spacial score (nSPS) is 16.8. The van der Waals surface area contributed by atoms with Crippen LogP contribution in [0.25, 0.3) is 11.5 Å². The van der Waals surface area contributed by atoms with E-state index in [2.05, 4.69) is 15.5 Å². The minimum Gasteiger partial charge on any atom is -0.403 e. The van der Waals surface area contributed by atoms with Gasteiger partial charge in [0.2, 0.25) is 11.8 Å². The zero-order chi connectivity index (χ0) is 19.7. The Balaban J connectivity index is 1.31. The fourth-order valence-electron chi connectivity index (χ4n) is 3.13. The molecule has 28 heavy (non-hydrogen) atoms. The highest BCUT2D eigenvalue weighted by Gasteiger charge is 2.35. The Kier molecular flexibility index (Phi) is 4.89. The lowest BCUT2D eigenvalue weighted by Crippen LogP contribution is -2.52. The number of anilines is 2. The summed E-state index contributed by atoms with van der Waals surface area (Å²) in [5, 5.41) is 10.9. The summed E-state index contributed by atoms with van der Waals surface area (Å²) in [4.78, 5) is 29.9. The Morgan fingerprint density at radius 3 is 2.25 bits per heavy atom. The van der Waals surface area contributed by atoms with Crippen LogP contribution in [0.2, 0.25) is 0 Å². The highest BCUT2D eigenvalue weighted by atomic mass is 16.4. The molecule has 9 heteroatoms. The van der Waals surface area contributed by atoms with E-state index >= 15 is 0 Å². The first kappa shape index (κ1) is 18.3. The number of nitrogens with zero attached hydrogens (tertiary/aromatic N) is 5. The van der Waals surface area contributed by atoms with Crippen molar-refractivity contribution in [3.05, 3.63) is 24.3 Å². The fourth-order valence-corrected chi connectivity index (χ4v) is 3.13. The van der Waals surface area contributed by atoms with Gasteiger partial charge in [0.25, 0.3) is 0 Å². The SMILES string of the molecule is CN(C)c1nnc(-c2ccc(NC(=O)N3CCN(C(=O)C4CC4)CC3)cc2)o1. The molecule has 1 saturated carbocycles. The van der Waals surface area contributed by atoms with Crippen LogP contribution in [0, 0.1) is 5.92 Å². The molecule has 148 valence electrons. The van der Waals surface area contributed by atoms with Gasteiger partial charge in [-0.1, -0.05) is 5.10 Å². The highest BCUT2D eigenvalue weighted by molar-refractivity contribution is 5.90. The van der Waals surface area contributed by atoms with Crippen LogP contribution in [0.3, 0.4) is 0 Å². The quantitative estimate of drug-likeness (QED) is 0.865. The molecule has 2 aliphatic rings. The van der Waals surface area contributed by atoms with E-state index in [1.165, 1.54) is 0 Å². The number of nitrogens with one attached hydrogen (secondary N) is 1. The van der Waals surface area contributed by atoms with Crippen molar-refractivity contribution >= 4 is 23.6 Å². The molecular weight excluding hydrogens is 360 g/mol. The zero-order valence-corrected chi connectivity index (χ0v) is 16.1. The van der Waals surface area contributed by atoms with Crippen molar-refractivity contribution in [2.45, 2.75) is 12.8 Å². The van der Waals surface area contributed by atoms with Crippen molar-refractivity contribution in [1.29, 1.82) is 0 Å². The lowest BCUT2D eigenvalue weighted by Gasteiger charge is -2.34. The monoisotopic (exact) mass is 384 g/mol. The van der Waals surface area contributed by atoms with Crippen molar-refractivity contribution in [3.8, 4) is 11.5 Å². The van der Waals surface area contributed by atoms with Crippen LogP contribution in [-0.2, 0) is 4.79 Å². The number of benzene rings is 1. The van der Waals surface area contributed by atoms with Gasteiger partial charge < -0.3 is 24.4 Å². The van der Waals surface area contributed by atoms with E-state index < -0.39 is 0 Å². The third kappa shape index (κ3) is 3.92. The first-order valence-corrected chi connectivity index (χ1v) is 9.47. The van der Waals surface area contributed by atoms with Crippen LogP contribution in [0.4, 0.5) is 16.5 Å². The van der Waals surface area contributed by atoms with Gasteiger partial charge in [0.15, 0.2) is 0 Å². The molecule has 2 heterocycles. The van der Waals surface area contributed by atoms with Gasteiger partial charge in [0, 0.05) is 57.4 Å². The van der Waals surface area contributed by atoms with Gasteiger partial charge in [0.1, 0.15) is 0 Å². The zero-order valence-electron chi connectivity index (χ0n) is 16.1. The van der Waals surface area contributed by atoms with Gasteiger partial charge in [0.05, 0.1) is 0 Å². The lowest BCUT2D eigenvalue weighted by atomic mass is 10.2. The summed E-state index contributed by atoms with van der Waals surface area (Å²) < 4.78 is 5.57. The Labute approximate surface area is 163 Å². The molecule has 1 aliphatic heterocycles. The Bertz CT molecular complexity index is 851. The number of carbonyl (C=O) groups is 2. The molecule has 2 fully saturated rings. The maximum absolute atomic E-state index is 12.5. The molecule has 1 saturated heterocycles. The van der Waals surface area contributed by atoms with Crippen LogP contribution in [0.15, 0.2) is 28.7 Å². The molecule has 0 bridgehead atoms. The first-order chi connectivity index (χ1) is 13.5. The number of urea groups is 1. The maximum atomic E-state index is 12.5. The summed E-state index contributed by atoms with van der Waals surface area (Å²) in [6, 6.07) is 7.55. The average molecular weight is 384 g/mol. The average Bonchev–Trinajstić information content (AvgIpc) is 3.44. The van der Waals surface area contributed by atoms with Gasteiger partial charge in [-0.3, -0.25) is 4.79 Å². The highest BCUT2D eigenvalue weighted by Crippen LogP contribution is 2.31. The van der Waals surface area contributed by atoms with Crippen molar-refractivity contribution in [2.24, 2.45) is 5.92 Å². The second kappa shape index (κ2) is 7.49. The molecule has 0 spiro atoms. The predicted octanol–water partition coefficient (Wildman–Crippen LogP) is 1.89. The molecule has 0 unspecified atom stereocenters.